The topological polar surface area (TPSA) is 42.2 Å². The van der Waals surface area contributed by atoms with Crippen molar-refractivity contribution >= 4 is 17.2 Å². The second-order valence-corrected chi connectivity index (χ2v) is 6.10. The first kappa shape index (κ1) is 17.1. The minimum atomic E-state index is -4.60. The van der Waals surface area contributed by atoms with E-state index in [4.69, 9.17) is 0 Å². The van der Waals surface area contributed by atoms with Crippen LogP contribution in [0.15, 0.2) is 66.7 Å². The highest BCUT2D eigenvalue weighted by Crippen LogP contribution is 2.39. The predicted octanol–water partition coefficient (Wildman–Crippen LogP) is 5.47. The molecule has 0 unspecified atom stereocenters. The van der Waals surface area contributed by atoms with Crippen molar-refractivity contribution in [2.75, 3.05) is 5.32 Å². The van der Waals surface area contributed by atoms with Crippen LogP contribution in [0.25, 0.3) is 16.8 Å². The highest BCUT2D eigenvalue weighted by Gasteiger charge is 2.39. The molecule has 4 aromatic rings. The zero-order valence-corrected chi connectivity index (χ0v) is 14.3. The van der Waals surface area contributed by atoms with Crippen molar-refractivity contribution in [1.29, 1.82) is 0 Å². The summed E-state index contributed by atoms with van der Waals surface area (Å²) in [4.78, 5) is 4.35. The maximum Gasteiger partial charge on any atom is 0.435 e. The minimum absolute atomic E-state index is 0.0251. The lowest BCUT2D eigenvalue weighted by molar-refractivity contribution is -0.140. The van der Waals surface area contributed by atoms with Gasteiger partial charge < -0.3 is 5.32 Å². The fourth-order valence-electron chi connectivity index (χ4n) is 2.97. The van der Waals surface area contributed by atoms with Crippen molar-refractivity contribution in [3.05, 3.63) is 78.1 Å². The molecular weight excluding hydrogens is 353 g/mol. The van der Waals surface area contributed by atoms with Crippen molar-refractivity contribution < 1.29 is 13.2 Å². The number of halogens is 3. The van der Waals surface area contributed by atoms with Gasteiger partial charge in [-0.1, -0.05) is 48.5 Å². The Morgan fingerprint density at radius 1 is 0.926 bits per heavy atom. The van der Waals surface area contributed by atoms with Gasteiger partial charge in [-0.15, -0.1) is 0 Å². The van der Waals surface area contributed by atoms with E-state index in [1.165, 1.54) is 4.52 Å². The fraction of sp³-hybridized carbons (Fsp3) is 0.100. The molecule has 0 radical (unpaired) electrons. The van der Waals surface area contributed by atoms with E-state index in [1.807, 2.05) is 30.3 Å². The Morgan fingerprint density at radius 3 is 2.19 bits per heavy atom. The van der Waals surface area contributed by atoms with E-state index in [0.29, 0.717) is 17.1 Å². The average molecular weight is 368 g/mol. The van der Waals surface area contributed by atoms with Crippen molar-refractivity contribution in [1.82, 2.24) is 14.6 Å². The van der Waals surface area contributed by atoms with Gasteiger partial charge in [-0.25, -0.2) is 4.98 Å². The molecule has 4 nitrogen and oxygen atoms in total. The normalized spacial score (nSPS) is 11.7. The highest BCUT2D eigenvalue weighted by molar-refractivity contribution is 5.82. The standard InChI is InChI=1S/C20H15F3N4/c1-13-12-16(25-15-10-6-3-7-11-15)27-19(24-13)17(14-8-4-2-5-9-14)18(26-27)20(21,22)23/h2-12,25H,1H3. The lowest BCUT2D eigenvalue weighted by Gasteiger charge is -2.09. The third kappa shape index (κ3) is 3.23. The van der Waals surface area contributed by atoms with Gasteiger partial charge in [-0.2, -0.15) is 22.8 Å². The summed E-state index contributed by atoms with van der Waals surface area (Å²) >= 11 is 0. The number of rotatable bonds is 3. The number of fused-ring (bicyclic) bond motifs is 1. The van der Waals surface area contributed by atoms with E-state index in [0.717, 1.165) is 5.69 Å². The van der Waals surface area contributed by atoms with E-state index in [2.05, 4.69) is 15.4 Å². The van der Waals surface area contributed by atoms with Gasteiger partial charge in [0.15, 0.2) is 11.3 Å². The van der Waals surface area contributed by atoms with Crippen LogP contribution in [0.1, 0.15) is 11.4 Å². The number of nitrogens with one attached hydrogen (secondary N) is 1. The zero-order chi connectivity index (χ0) is 19.0. The van der Waals surface area contributed by atoms with Gasteiger partial charge in [0, 0.05) is 17.4 Å². The number of nitrogens with zero attached hydrogens (tertiary/aromatic N) is 3. The summed E-state index contributed by atoms with van der Waals surface area (Å²) in [6, 6.07) is 19.3. The Labute approximate surface area is 153 Å². The summed E-state index contributed by atoms with van der Waals surface area (Å²) in [5.41, 5.74) is 0.933. The predicted molar refractivity (Wildman–Crippen MR) is 97.9 cm³/mol. The molecule has 0 spiro atoms. The SMILES string of the molecule is Cc1cc(Nc2ccccc2)n2nc(C(F)(F)F)c(-c3ccccc3)c2n1. The Balaban J connectivity index is 1.99. The van der Waals surface area contributed by atoms with Gasteiger partial charge >= 0.3 is 6.18 Å². The number of benzene rings is 2. The molecule has 0 aliphatic carbocycles. The molecule has 7 heteroatoms. The maximum atomic E-state index is 13.7. The molecule has 0 amide bonds. The monoisotopic (exact) mass is 368 g/mol. The molecule has 2 aromatic heterocycles. The highest BCUT2D eigenvalue weighted by atomic mass is 19.4. The summed E-state index contributed by atoms with van der Waals surface area (Å²) in [7, 11) is 0. The van der Waals surface area contributed by atoms with Crippen molar-refractivity contribution in [2.24, 2.45) is 0 Å². The van der Waals surface area contributed by atoms with Gasteiger partial charge in [0.05, 0.1) is 5.56 Å². The fourth-order valence-corrected chi connectivity index (χ4v) is 2.97. The van der Waals surface area contributed by atoms with Crippen LogP contribution < -0.4 is 5.32 Å². The summed E-state index contributed by atoms with van der Waals surface area (Å²) in [5.74, 6) is 0.413. The third-order valence-electron chi connectivity index (χ3n) is 4.09. The van der Waals surface area contributed by atoms with Crippen LogP contribution in [0.2, 0.25) is 0 Å². The second kappa shape index (κ2) is 6.42. The average Bonchev–Trinajstić information content (AvgIpc) is 3.03. The third-order valence-corrected chi connectivity index (χ3v) is 4.09. The van der Waals surface area contributed by atoms with Gasteiger partial charge in [-0.3, -0.25) is 0 Å². The first-order valence-electron chi connectivity index (χ1n) is 8.28. The van der Waals surface area contributed by atoms with Crippen molar-refractivity contribution in [2.45, 2.75) is 13.1 Å². The van der Waals surface area contributed by atoms with E-state index < -0.39 is 11.9 Å². The summed E-state index contributed by atoms with van der Waals surface area (Å²) in [6.07, 6.45) is -4.60. The van der Waals surface area contributed by atoms with Gasteiger partial charge in [0.2, 0.25) is 0 Å². The number of hydrogen-bond donors (Lipinski definition) is 1. The lowest BCUT2D eigenvalue weighted by atomic mass is 10.1. The molecule has 0 fully saturated rings. The number of hydrogen-bond acceptors (Lipinski definition) is 3. The molecule has 0 saturated carbocycles. The largest absolute Gasteiger partial charge is 0.435 e. The number of para-hydroxylation sites is 1. The second-order valence-electron chi connectivity index (χ2n) is 6.10. The smallest absolute Gasteiger partial charge is 0.340 e. The van der Waals surface area contributed by atoms with E-state index in [-0.39, 0.29) is 11.2 Å². The molecule has 0 bridgehead atoms. The van der Waals surface area contributed by atoms with Crippen molar-refractivity contribution in [3.63, 3.8) is 0 Å². The van der Waals surface area contributed by atoms with Gasteiger partial charge in [0.25, 0.3) is 0 Å². The quantitative estimate of drug-likeness (QED) is 0.522. The van der Waals surface area contributed by atoms with Crippen LogP contribution in [0.4, 0.5) is 24.7 Å². The summed E-state index contributed by atoms with van der Waals surface area (Å²) < 4.78 is 42.3. The minimum Gasteiger partial charge on any atom is -0.340 e. The molecule has 136 valence electrons. The van der Waals surface area contributed by atoms with Crippen LogP contribution in [-0.2, 0) is 6.18 Å². The van der Waals surface area contributed by atoms with Crippen LogP contribution in [0.3, 0.4) is 0 Å². The zero-order valence-electron chi connectivity index (χ0n) is 14.3. The Kier molecular flexibility index (Phi) is 4.07. The maximum absolute atomic E-state index is 13.7. The lowest BCUT2D eigenvalue weighted by Crippen LogP contribution is -2.08. The molecule has 1 N–H and O–H groups in total. The number of aryl methyl sites for hydroxylation is 1. The van der Waals surface area contributed by atoms with Crippen molar-refractivity contribution in [3.8, 4) is 11.1 Å². The molecule has 0 saturated heterocycles. The van der Waals surface area contributed by atoms with Crippen LogP contribution >= 0.6 is 0 Å². The molecule has 0 aliphatic heterocycles. The molecular formula is C20H15F3N4. The number of aromatic nitrogens is 3. The van der Waals surface area contributed by atoms with Gasteiger partial charge in [-0.05, 0) is 24.6 Å². The molecule has 27 heavy (non-hydrogen) atoms. The Morgan fingerprint density at radius 2 is 1.56 bits per heavy atom. The molecule has 2 heterocycles. The molecule has 4 rings (SSSR count). The van der Waals surface area contributed by atoms with Crippen LogP contribution in [0.5, 0.6) is 0 Å². The van der Waals surface area contributed by atoms with Crippen LogP contribution in [0, 0.1) is 6.92 Å². The molecule has 2 aromatic carbocycles. The Hall–Kier alpha value is -3.35. The molecule has 0 atom stereocenters. The first-order valence-corrected chi connectivity index (χ1v) is 8.28. The van der Waals surface area contributed by atoms with E-state index >= 15 is 0 Å². The van der Waals surface area contributed by atoms with Crippen LogP contribution in [-0.4, -0.2) is 14.6 Å². The van der Waals surface area contributed by atoms with E-state index in [9.17, 15) is 13.2 Å². The Bertz CT molecular complexity index is 1090. The number of alkyl halides is 3. The molecule has 0 aliphatic rings. The van der Waals surface area contributed by atoms with E-state index in [1.54, 1.807) is 43.3 Å². The number of anilines is 2. The summed E-state index contributed by atoms with van der Waals surface area (Å²) in [5, 5.41) is 6.99. The summed E-state index contributed by atoms with van der Waals surface area (Å²) in [6.45, 7) is 1.74. The van der Waals surface area contributed by atoms with Gasteiger partial charge in [0.1, 0.15) is 5.82 Å². The first-order chi connectivity index (χ1) is 12.9.